The first-order valence-electron chi connectivity index (χ1n) is 6.21. The first kappa shape index (κ1) is 17.3. The standard InChI is InChI=1S/C12H17BrF2N2O2S/c1-2-4-16-5-3-6-20(18,19)17-12-10(14)7-9(13)8-11(12)15/h7-8,16-17H,2-6H2,1H3. The molecular weight excluding hydrogens is 354 g/mol. The Morgan fingerprint density at radius 3 is 2.35 bits per heavy atom. The van der Waals surface area contributed by atoms with Gasteiger partial charge in [-0.2, -0.15) is 0 Å². The van der Waals surface area contributed by atoms with Crippen molar-refractivity contribution in [3.05, 3.63) is 28.2 Å². The molecule has 8 heteroatoms. The Balaban J connectivity index is 2.63. The summed E-state index contributed by atoms with van der Waals surface area (Å²) in [5, 5.41) is 3.06. The van der Waals surface area contributed by atoms with Crippen LogP contribution >= 0.6 is 15.9 Å². The van der Waals surface area contributed by atoms with Gasteiger partial charge in [0.05, 0.1) is 5.75 Å². The van der Waals surface area contributed by atoms with Crippen LogP contribution in [0.2, 0.25) is 0 Å². The lowest BCUT2D eigenvalue weighted by Crippen LogP contribution is -2.23. The highest BCUT2D eigenvalue weighted by atomic mass is 79.9. The molecule has 2 N–H and O–H groups in total. The van der Waals surface area contributed by atoms with Crippen LogP contribution in [-0.4, -0.2) is 27.3 Å². The molecule has 0 atom stereocenters. The number of hydrogen-bond acceptors (Lipinski definition) is 3. The number of sulfonamides is 1. The number of nitrogens with one attached hydrogen (secondary N) is 2. The van der Waals surface area contributed by atoms with Gasteiger partial charge in [-0.3, -0.25) is 4.72 Å². The van der Waals surface area contributed by atoms with Crippen LogP contribution < -0.4 is 10.0 Å². The summed E-state index contributed by atoms with van der Waals surface area (Å²) >= 11 is 2.93. The van der Waals surface area contributed by atoms with Crippen molar-refractivity contribution in [3.63, 3.8) is 0 Å². The molecule has 0 aliphatic heterocycles. The quantitative estimate of drug-likeness (QED) is 0.691. The Bertz CT molecular complexity index is 529. The minimum absolute atomic E-state index is 0.196. The first-order chi connectivity index (χ1) is 9.35. The van der Waals surface area contributed by atoms with E-state index in [0.717, 1.165) is 25.1 Å². The second-order valence-electron chi connectivity index (χ2n) is 4.27. The maximum atomic E-state index is 13.5. The molecule has 0 saturated heterocycles. The monoisotopic (exact) mass is 370 g/mol. The molecule has 0 amide bonds. The average Bonchev–Trinajstić information content (AvgIpc) is 2.33. The smallest absolute Gasteiger partial charge is 0.232 e. The largest absolute Gasteiger partial charge is 0.317 e. The van der Waals surface area contributed by atoms with Crippen molar-refractivity contribution in [1.82, 2.24) is 5.32 Å². The highest BCUT2D eigenvalue weighted by Gasteiger charge is 2.17. The molecule has 1 aromatic carbocycles. The summed E-state index contributed by atoms with van der Waals surface area (Å²) in [5.41, 5.74) is -0.644. The summed E-state index contributed by atoms with van der Waals surface area (Å²) in [6.07, 6.45) is 1.33. The molecule has 0 bridgehead atoms. The number of halogens is 3. The third kappa shape index (κ3) is 5.72. The molecule has 0 aromatic heterocycles. The lowest BCUT2D eigenvalue weighted by Gasteiger charge is -2.10. The van der Waals surface area contributed by atoms with Crippen LogP contribution in [0.5, 0.6) is 0 Å². The molecule has 0 spiro atoms. The van der Waals surface area contributed by atoms with Crippen LogP contribution in [0.25, 0.3) is 0 Å². The Morgan fingerprint density at radius 2 is 1.80 bits per heavy atom. The van der Waals surface area contributed by atoms with Crippen molar-refractivity contribution in [3.8, 4) is 0 Å². The fourth-order valence-corrected chi connectivity index (χ4v) is 3.07. The summed E-state index contributed by atoms with van der Waals surface area (Å²) in [4.78, 5) is 0. The highest BCUT2D eigenvalue weighted by Crippen LogP contribution is 2.24. The van der Waals surface area contributed by atoms with Crippen LogP contribution in [0.4, 0.5) is 14.5 Å². The second-order valence-corrected chi connectivity index (χ2v) is 7.03. The summed E-state index contributed by atoms with van der Waals surface area (Å²) in [6.45, 7) is 3.36. The zero-order valence-corrected chi connectivity index (χ0v) is 13.5. The van der Waals surface area contributed by atoms with Gasteiger partial charge in [-0.25, -0.2) is 17.2 Å². The van der Waals surface area contributed by atoms with Crippen LogP contribution in [0.1, 0.15) is 19.8 Å². The van der Waals surface area contributed by atoms with E-state index in [1.54, 1.807) is 0 Å². The molecule has 0 fully saturated rings. The highest BCUT2D eigenvalue weighted by molar-refractivity contribution is 9.10. The normalized spacial score (nSPS) is 11.6. The molecule has 0 aliphatic rings. The lowest BCUT2D eigenvalue weighted by molar-refractivity contribution is 0.579. The Morgan fingerprint density at radius 1 is 1.20 bits per heavy atom. The molecule has 1 aromatic rings. The van der Waals surface area contributed by atoms with Gasteiger partial charge >= 0.3 is 0 Å². The van der Waals surface area contributed by atoms with Gasteiger partial charge in [0.2, 0.25) is 10.0 Å². The van der Waals surface area contributed by atoms with E-state index in [9.17, 15) is 17.2 Å². The van der Waals surface area contributed by atoms with Gasteiger partial charge in [-0.15, -0.1) is 0 Å². The van der Waals surface area contributed by atoms with E-state index in [-0.39, 0.29) is 10.2 Å². The van der Waals surface area contributed by atoms with E-state index in [1.807, 2.05) is 11.6 Å². The molecule has 1 rings (SSSR count). The van der Waals surface area contributed by atoms with Gasteiger partial charge in [-0.05, 0) is 38.1 Å². The van der Waals surface area contributed by atoms with Gasteiger partial charge in [0.1, 0.15) is 5.69 Å². The van der Waals surface area contributed by atoms with Crippen molar-refractivity contribution >= 4 is 31.6 Å². The Hall–Kier alpha value is -0.730. The van der Waals surface area contributed by atoms with Crippen molar-refractivity contribution in [2.75, 3.05) is 23.6 Å². The maximum absolute atomic E-state index is 13.5. The van der Waals surface area contributed by atoms with Crippen molar-refractivity contribution in [2.24, 2.45) is 0 Å². The first-order valence-corrected chi connectivity index (χ1v) is 8.66. The summed E-state index contributed by atoms with van der Waals surface area (Å²) in [5.74, 6) is -2.10. The zero-order chi connectivity index (χ0) is 15.2. The predicted molar refractivity (Wildman–Crippen MR) is 79.2 cm³/mol. The predicted octanol–water partition coefficient (Wildman–Crippen LogP) is 2.86. The molecule has 0 saturated carbocycles. The van der Waals surface area contributed by atoms with Crippen LogP contribution in [0.3, 0.4) is 0 Å². The molecular formula is C12H17BrF2N2O2S. The number of benzene rings is 1. The molecule has 0 aliphatic carbocycles. The second kappa shape index (κ2) is 7.90. The zero-order valence-electron chi connectivity index (χ0n) is 11.0. The SMILES string of the molecule is CCCNCCCS(=O)(=O)Nc1c(F)cc(Br)cc1F. The maximum Gasteiger partial charge on any atom is 0.232 e. The van der Waals surface area contributed by atoms with E-state index in [0.29, 0.717) is 13.0 Å². The Kier molecular flexibility index (Phi) is 6.84. The van der Waals surface area contributed by atoms with Crippen LogP contribution in [-0.2, 0) is 10.0 Å². The van der Waals surface area contributed by atoms with Gasteiger partial charge in [0.25, 0.3) is 0 Å². The molecule has 0 heterocycles. The van der Waals surface area contributed by atoms with Gasteiger partial charge in [0, 0.05) is 4.47 Å². The summed E-state index contributed by atoms with van der Waals surface area (Å²) in [7, 11) is -3.76. The van der Waals surface area contributed by atoms with Gasteiger partial charge in [-0.1, -0.05) is 22.9 Å². The minimum atomic E-state index is -3.76. The third-order valence-electron chi connectivity index (χ3n) is 2.46. The lowest BCUT2D eigenvalue weighted by atomic mass is 10.3. The minimum Gasteiger partial charge on any atom is -0.317 e. The molecule has 4 nitrogen and oxygen atoms in total. The van der Waals surface area contributed by atoms with Crippen LogP contribution in [0.15, 0.2) is 16.6 Å². The van der Waals surface area contributed by atoms with E-state index < -0.39 is 27.3 Å². The number of anilines is 1. The van der Waals surface area contributed by atoms with E-state index in [1.165, 1.54) is 0 Å². The van der Waals surface area contributed by atoms with E-state index >= 15 is 0 Å². The molecule has 0 unspecified atom stereocenters. The average molecular weight is 371 g/mol. The number of rotatable bonds is 8. The fraction of sp³-hybridized carbons (Fsp3) is 0.500. The van der Waals surface area contributed by atoms with Crippen molar-refractivity contribution in [1.29, 1.82) is 0 Å². The van der Waals surface area contributed by atoms with Crippen molar-refractivity contribution in [2.45, 2.75) is 19.8 Å². The number of hydrogen-bond donors (Lipinski definition) is 2. The van der Waals surface area contributed by atoms with Crippen LogP contribution in [0, 0.1) is 11.6 Å². The summed E-state index contributed by atoms with van der Waals surface area (Å²) in [6, 6.07) is 2.01. The van der Waals surface area contributed by atoms with E-state index in [4.69, 9.17) is 0 Å². The molecule has 20 heavy (non-hydrogen) atoms. The van der Waals surface area contributed by atoms with Gasteiger partial charge in [0.15, 0.2) is 11.6 Å². The summed E-state index contributed by atoms with van der Waals surface area (Å²) < 4.78 is 52.7. The third-order valence-corrected chi connectivity index (χ3v) is 4.26. The van der Waals surface area contributed by atoms with E-state index in [2.05, 4.69) is 21.2 Å². The topological polar surface area (TPSA) is 58.2 Å². The molecule has 0 radical (unpaired) electrons. The Labute approximate surface area is 126 Å². The van der Waals surface area contributed by atoms with Crippen molar-refractivity contribution < 1.29 is 17.2 Å². The molecule has 114 valence electrons. The van der Waals surface area contributed by atoms with Gasteiger partial charge < -0.3 is 5.32 Å². The fourth-order valence-electron chi connectivity index (χ4n) is 1.54.